The van der Waals surface area contributed by atoms with E-state index in [-0.39, 0.29) is 5.76 Å². The minimum atomic E-state index is -1.05. The van der Waals surface area contributed by atoms with Crippen LogP contribution in [0.5, 0.6) is 0 Å². The summed E-state index contributed by atoms with van der Waals surface area (Å²) in [6.45, 7) is 4.54. The predicted octanol–water partition coefficient (Wildman–Crippen LogP) is 4.52. The van der Waals surface area contributed by atoms with E-state index in [1.54, 1.807) is 0 Å². The van der Waals surface area contributed by atoms with Gasteiger partial charge < -0.3 is 9.84 Å². The van der Waals surface area contributed by atoms with E-state index in [2.05, 4.69) is 26.0 Å². The number of ether oxygens (including phenoxy) is 1. The highest BCUT2D eigenvalue weighted by Crippen LogP contribution is 2.15. The lowest BCUT2D eigenvalue weighted by atomic mass is 9.99. The highest BCUT2D eigenvalue weighted by molar-refractivity contribution is 5.89. The molecule has 3 heteroatoms. The maximum atomic E-state index is 10.9. The van der Waals surface area contributed by atoms with Crippen molar-refractivity contribution < 1.29 is 14.6 Å². The first-order valence-corrected chi connectivity index (χ1v) is 7.64. The van der Waals surface area contributed by atoms with E-state index in [0.29, 0.717) is 0 Å². The highest BCUT2D eigenvalue weighted by Gasteiger charge is 2.06. The Morgan fingerprint density at radius 3 is 2.48 bits per heavy atom. The van der Waals surface area contributed by atoms with Gasteiger partial charge in [0.05, 0.1) is 7.11 Å². The molecule has 0 aliphatic heterocycles. The zero-order valence-corrected chi connectivity index (χ0v) is 13.3. The first-order chi connectivity index (χ1) is 10.1. The van der Waals surface area contributed by atoms with Crippen LogP contribution >= 0.6 is 0 Å². The Morgan fingerprint density at radius 1 is 1.29 bits per heavy atom. The Balaban J connectivity index is 2.49. The molecule has 0 aromatic heterocycles. The van der Waals surface area contributed by atoms with Gasteiger partial charge in [-0.05, 0) is 36.0 Å². The van der Waals surface area contributed by atoms with E-state index in [0.717, 1.165) is 17.9 Å². The molecule has 0 saturated carbocycles. The van der Waals surface area contributed by atoms with Gasteiger partial charge >= 0.3 is 5.97 Å². The van der Waals surface area contributed by atoms with Crippen LogP contribution in [0.3, 0.4) is 0 Å². The minimum Gasteiger partial charge on any atom is -0.490 e. The van der Waals surface area contributed by atoms with E-state index >= 15 is 0 Å². The van der Waals surface area contributed by atoms with E-state index in [4.69, 9.17) is 9.84 Å². The van der Waals surface area contributed by atoms with Crippen LogP contribution < -0.4 is 0 Å². The molecule has 1 rings (SSSR count). The van der Waals surface area contributed by atoms with Crippen molar-refractivity contribution in [1.29, 1.82) is 0 Å². The largest absolute Gasteiger partial charge is 0.490 e. The second-order valence-corrected chi connectivity index (χ2v) is 5.52. The first kappa shape index (κ1) is 17.3. The lowest BCUT2D eigenvalue weighted by Crippen LogP contribution is -2.01. The van der Waals surface area contributed by atoms with Gasteiger partial charge in [0.2, 0.25) is 5.76 Å². The third-order valence-electron chi connectivity index (χ3n) is 3.82. The molecule has 116 valence electrons. The number of rotatable bonds is 9. The van der Waals surface area contributed by atoms with Gasteiger partial charge in [-0.25, -0.2) is 4.79 Å². The number of methoxy groups -OCH3 is 1. The Labute approximate surface area is 127 Å². The smallest absolute Gasteiger partial charge is 0.371 e. The van der Waals surface area contributed by atoms with E-state index in [1.807, 2.05) is 12.1 Å². The third-order valence-corrected chi connectivity index (χ3v) is 3.82. The summed E-state index contributed by atoms with van der Waals surface area (Å²) in [5.41, 5.74) is 2.14. The van der Waals surface area contributed by atoms with Gasteiger partial charge in [0.25, 0.3) is 0 Å². The summed E-state index contributed by atoms with van der Waals surface area (Å²) >= 11 is 0. The molecule has 1 atom stereocenters. The fourth-order valence-electron chi connectivity index (χ4n) is 2.17. The quantitative estimate of drug-likeness (QED) is 0.413. The summed E-state index contributed by atoms with van der Waals surface area (Å²) in [5.74, 6) is -0.274. The summed E-state index contributed by atoms with van der Waals surface area (Å²) in [4.78, 5) is 10.9. The number of carboxylic acid groups (broad SMARTS) is 1. The van der Waals surface area contributed by atoms with Crippen molar-refractivity contribution in [3.05, 3.63) is 41.2 Å². The number of aryl methyl sites for hydroxylation is 1. The average molecular weight is 290 g/mol. The lowest BCUT2D eigenvalue weighted by Gasteiger charge is -2.07. The Kier molecular flexibility index (Phi) is 7.59. The van der Waals surface area contributed by atoms with E-state index in [9.17, 15) is 4.79 Å². The van der Waals surface area contributed by atoms with Crippen molar-refractivity contribution >= 4 is 12.0 Å². The second-order valence-electron chi connectivity index (χ2n) is 5.52. The van der Waals surface area contributed by atoms with E-state index in [1.165, 1.54) is 44.4 Å². The molecule has 0 radical (unpaired) electrons. The fourth-order valence-corrected chi connectivity index (χ4v) is 2.17. The van der Waals surface area contributed by atoms with Crippen LogP contribution in [-0.2, 0) is 16.0 Å². The van der Waals surface area contributed by atoms with Crippen molar-refractivity contribution in [3.63, 3.8) is 0 Å². The Bertz CT molecular complexity index is 460. The van der Waals surface area contributed by atoms with Crippen molar-refractivity contribution in [2.24, 2.45) is 5.92 Å². The van der Waals surface area contributed by atoms with Crippen LogP contribution in [0.1, 0.15) is 50.7 Å². The van der Waals surface area contributed by atoms with Crippen molar-refractivity contribution in [3.8, 4) is 0 Å². The van der Waals surface area contributed by atoms with Gasteiger partial charge in [0.1, 0.15) is 0 Å². The van der Waals surface area contributed by atoms with Crippen molar-refractivity contribution in [1.82, 2.24) is 0 Å². The zero-order chi connectivity index (χ0) is 15.7. The number of unbranched alkanes of at least 4 members (excludes halogenated alkanes) is 1. The number of hydrogen-bond donors (Lipinski definition) is 1. The number of benzene rings is 1. The molecule has 0 spiro atoms. The molecule has 21 heavy (non-hydrogen) atoms. The lowest BCUT2D eigenvalue weighted by molar-refractivity contribution is -0.135. The van der Waals surface area contributed by atoms with Crippen LogP contribution in [0, 0.1) is 5.92 Å². The van der Waals surface area contributed by atoms with Crippen LogP contribution in [0.2, 0.25) is 0 Å². The molecule has 0 heterocycles. The van der Waals surface area contributed by atoms with Gasteiger partial charge in [0, 0.05) is 0 Å². The molecule has 0 bridgehead atoms. The number of hydrogen-bond acceptors (Lipinski definition) is 2. The summed E-state index contributed by atoms with van der Waals surface area (Å²) in [6.07, 6.45) is 7.65. The maximum Gasteiger partial charge on any atom is 0.371 e. The molecule has 0 aliphatic carbocycles. The predicted molar refractivity (Wildman–Crippen MR) is 86.1 cm³/mol. The van der Waals surface area contributed by atoms with Crippen LogP contribution in [0.25, 0.3) is 6.08 Å². The Hall–Kier alpha value is -1.77. The first-order valence-electron chi connectivity index (χ1n) is 7.64. The molecular weight excluding hydrogens is 264 g/mol. The number of carbonyl (C=O) groups is 1. The Morgan fingerprint density at radius 2 is 1.95 bits per heavy atom. The SMILES string of the molecule is CCC(C)CCCCc1ccc(C=C(OC)C(=O)O)cc1. The normalized spacial score (nSPS) is 13.0. The monoisotopic (exact) mass is 290 g/mol. The maximum absolute atomic E-state index is 10.9. The number of carboxylic acids is 1. The van der Waals surface area contributed by atoms with Crippen LogP contribution in [0.15, 0.2) is 30.0 Å². The molecular formula is C18H26O3. The van der Waals surface area contributed by atoms with E-state index < -0.39 is 5.97 Å². The molecule has 1 unspecified atom stereocenters. The summed E-state index contributed by atoms with van der Waals surface area (Å²) in [7, 11) is 1.37. The van der Waals surface area contributed by atoms with Gasteiger partial charge in [-0.2, -0.15) is 0 Å². The standard InChI is InChI=1S/C18H26O3/c1-4-14(2)7-5-6-8-15-9-11-16(12-10-15)13-17(21-3)18(19)20/h9-14H,4-8H2,1-3H3,(H,19,20). The molecule has 0 amide bonds. The van der Waals surface area contributed by atoms with Gasteiger partial charge in [-0.15, -0.1) is 0 Å². The van der Waals surface area contributed by atoms with Crippen LogP contribution in [-0.4, -0.2) is 18.2 Å². The summed E-state index contributed by atoms with van der Waals surface area (Å²) < 4.78 is 4.82. The molecule has 1 N–H and O–H groups in total. The average Bonchev–Trinajstić information content (AvgIpc) is 2.49. The third kappa shape index (κ3) is 6.48. The fraction of sp³-hybridized carbons (Fsp3) is 0.500. The van der Waals surface area contributed by atoms with Gasteiger partial charge in [0.15, 0.2) is 0 Å². The molecule has 3 nitrogen and oxygen atoms in total. The van der Waals surface area contributed by atoms with Gasteiger partial charge in [-0.3, -0.25) is 0 Å². The minimum absolute atomic E-state index is 0.0451. The van der Waals surface area contributed by atoms with Crippen molar-refractivity contribution in [2.45, 2.75) is 46.0 Å². The second kappa shape index (κ2) is 9.22. The summed E-state index contributed by atoms with van der Waals surface area (Å²) in [6, 6.07) is 7.99. The molecule has 1 aromatic carbocycles. The topological polar surface area (TPSA) is 46.5 Å². The van der Waals surface area contributed by atoms with Crippen molar-refractivity contribution in [2.75, 3.05) is 7.11 Å². The highest BCUT2D eigenvalue weighted by atomic mass is 16.5. The molecule has 1 aromatic rings. The molecule has 0 aliphatic rings. The van der Waals surface area contributed by atoms with Crippen LogP contribution in [0.4, 0.5) is 0 Å². The number of aliphatic carboxylic acids is 1. The zero-order valence-electron chi connectivity index (χ0n) is 13.3. The summed E-state index contributed by atoms with van der Waals surface area (Å²) in [5, 5.41) is 8.90. The molecule has 0 fully saturated rings. The molecule has 0 saturated heterocycles. The van der Waals surface area contributed by atoms with Gasteiger partial charge in [-0.1, -0.05) is 57.4 Å².